The summed E-state index contributed by atoms with van der Waals surface area (Å²) >= 11 is 0.902. The number of nitrogens with one attached hydrogen (secondary N) is 2. The van der Waals surface area contributed by atoms with Crippen LogP contribution in [0.2, 0.25) is 0 Å². The van der Waals surface area contributed by atoms with Crippen LogP contribution in [-0.2, 0) is 5.60 Å². The third-order valence-corrected chi connectivity index (χ3v) is 7.32. The standard InChI is InChI=1S/C26H28F2N4O4S/c1-26(2,36)13-10-17(27)22(18(28)11-13)20-12-16(23(29)34)25(37-20)32-21-5-3-4-19(31-21)24(35)30-14-6-8-15(33)9-7-14/h3-5,10-12,14-15,33,36H,6-9H2,1-2H3,(H2,29,34)(H,30,35)(H,31,32). The largest absolute Gasteiger partial charge is 0.393 e. The summed E-state index contributed by atoms with van der Waals surface area (Å²) in [7, 11) is 0. The molecule has 1 fully saturated rings. The lowest BCUT2D eigenvalue weighted by atomic mass is 9.93. The van der Waals surface area contributed by atoms with Crippen LogP contribution < -0.4 is 16.4 Å². The van der Waals surface area contributed by atoms with Crippen molar-refractivity contribution in [2.24, 2.45) is 5.73 Å². The molecule has 8 nitrogen and oxygen atoms in total. The minimum atomic E-state index is -1.44. The van der Waals surface area contributed by atoms with Crippen LogP contribution in [0, 0.1) is 11.6 Å². The van der Waals surface area contributed by atoms with Crippen LogP contribution in [0.15, 0.2) is 36.4 Å². The molecule has 1 aliphatic rings. The summed E-state index contributed by atoms with van der Waals surface area (Å²) in [4.78, 5) is 29.2. The fraction of sp³-hybridized carbons (Fsp3) is 0.346. The molecule has 0 aliphatic heterocycles. The second kappa shape index (κ2) is 10.5. The van der Waals surface area contributed by atoms with Crippen molar-refractivity contribution >= 4 is 34.0 Å². The summed E-state index contributed by atoms with van der Waals surface area (Å²) in [5, 5.41) is 25.8. The highest BCUT2D eigenvalue weighted by atomic mass is 32.1. The maximum absolute atomic E-state index is 14.9. The zero-order valence-corrected chi connectivity index (χ0v) is 21.2. The molecule has 0 unspecified atom stereocenters. The van der Waals surface area contributed by atoms with Crippen molar-refractivity contribution < 1.29 is 28.6 Å². The Morgan fingerprint density at radius 3 is 2.35 bits per heavy atom. The number of halogens is 2. The number of carbonyl (C=O) groups excluding carboxylic acids is 2. The molecule has 1 aliphatic carbocycles. The van der Waals surface area contributed by atoms with Crippen molar-refractivity contribution in [3.63, 3.8) is 0 Å². The molecule has 11 heteroatoms. The number of amides is 2. The molecule has 2 heterocycles. The van der Waals surface area contributed by atoms with Crippen LogP contribution in [-0.4, -0.2) is 39.2 Å². The average Bonchev–Trinajstić information content (AvgIpc) is 3.23. The van der Waals surface area contributed by atoms with E-state index in [1.807, 2.05) is 0 Å². The predicted octanol–water partition coefficient (Wildman–Crippen LogP) is 4.19. The van der Waals surface area contributed by atoms with E-state index >= 15 is 0 Å². The van der Waals surface area contributed by atoms with E-state index in [0.29, 0.717) is 25.7 Å². The Hall–Kier alpha value is -3.41. The fourth-order valence-electron chi connectivity index (χ4n) is 4.18. The number of rotatable bonds is 7. The van der Waals surface area contributed by atoms with E-state index in [2.05, 4.69) is 15.6 Å². The Labute approximate surface area is 216 Å². The summed E-state index contributed by atoms with van der Waals surface area (Å²) in [5.41, 5.74) is 3.94. The van der Waals surface area contributed by atoms with Crippen molar-refractivity contribution in [3.8, 4) is 10.4 Å². The Morgan fingerprint density at radius 1 is 1.11 bits per heavy atom. The topological polar surface area (TPSA) is 138 Å². The highest BCUT2D eigenvalue weighted by Crippen LogP contribution is 2.40. The van der Waals surface area contributed by atoms with Crippen molar-refractivity contribution in [3.05, 3.63) is 64.9 Å². The van der Waals surface area contributed by atoms with E-state index in [9.17, 15) is 28.6 Å². The van der Waals surface area contributed by atoms with Gasteiger partial charge in [0.05, 0.1) is 22.8 Å². The summed E-state index contributed by atoms with van der Waals surface area (Å²) in [6, 6.07) is 8.07. The van der Waals surface area contributed by atoms with Crippen LogP contribution in [0.5, 0.6) is 0 Å². The van der Waals surface area contributed by atoms with Crippen LogP contribution in [0.1, 0.15) is 65.9 Å². The second-order valence-corrected chi connectivity index (χ2v) is 10.7. The summed E-state index contributed by atoms with van der Waals surface area (Å²) in [6.45, 7) is 2.83. The molecule has 2 amide bonds. The van der Waals surface area contributed by atoms with Gasteiger partial charge in [0.25, 0.3) is 11.8 Å². The highest BCUT2D eigenvalue weighted by Gasteiger charge is 2.25. The normalized spacial score (nSPS) is 17.9. The number of nitrogens with two attached hydrogens (primary N) is 1. The molecule has 0 atom stereocenters. The number of hydrogen-bond donors (Lipinski definition) is 5. The molecule has 0 saturated heterocycles. The maximum atomic E-state index is 14.9. The van der Waals surface area contributed by atoms with E-state index in [1.54, 1.807) is 18.2 Å². The van der Waals surface area contributed by atoms with Crippen molar-refractivity contribution in [2.75, 3.05) is 5.32 Å². The molecule has 6 N–H and O–H groups in total. The van der Waals surface area contributed by atoms with Gasteiger partial charge in [-0.2, -0.15) is 0 Å². The lowest BCUT2D eigenvalue weighted by Gasteiger charge is -2.26. The molecular weight excluding hydrogens is 502 g/mol. The van der Waals surface area contributed by atoms with Gasteiger partial charge in [-0.15, -0.1) is 11.3 Å². The number of primary amides is 1. The van der Waals surface area contributed by atoms with Gasteiger partial charge < -0.3 is 26.6 Å². The van der Waals surface area contributed by atoms with Crippen LogP contribution in [0.4, 0.5) is 19.6 Å². The van der Waals surface area contributed by atoms with E-state index in [0.717, 1.165) is 23.5 Å². The van der Waals surface area contributed by atoms with Gasteiger partial charge in [0.15, 0.2) is 0 Å². The molecular formula is C26H28F2N4O4S. The number of thiophene rings is 1. The number of benzene rings is 1. The number of aliphatic hydroxyl groups is 2. The molecule has 2 aromatic heterocycles. The first-order chi connectivity index (χ1) is 17.4. The van der Waals surface area contributed by atoms with Gasteiger partial charge in [-0.1, -0.05) is 6.07 Å². The van der Waals surface area contributed by atoms with Gasteiger partial charge >= 0.3 is 0 Å². The molecule has 196 valence electrons. The Bertz CT molecular complexity index is 1310. The first kappa shape index (κ1) is 26.6. The molecule has 4 rings (SSSR count). The van der Waals surface area contributed by atoms with Crippen LogP contribution >= 0.6 is 11.3 Å². The summed E-state index contributed by atoms with van der Waals surface area (Å²) < 4.78 is 29.8. The van der Waals surface area contributed by atoms with Gasteiger partial charge in [0.1, 0.15) is 28.1 Å². The molecule has 0 radical (unpaired) electrons. The quantitative estimate of drug-likeness (QED) is 0.311. The maximum Gasteiger partial charge on any atom is 0.270 e. The number of aromatic nitrogens is 1. The van der Waals surface area contributed by atoms with E-state index in [1.165, 1.54) is 19.9 Å². The Kier molecular flexibility index (Phi) is 7.58. The molecule has 37 heavy (non-hydrogen) atoms. The third-order valence-electron chi connectivity index (χ3n) is 6.25. The van der Waals surface area contributed by atoms with Gasteiger partial charge in [-0.05, 0) is 75.4 Å². The van der Waals surface area contributed by atoms with Gasteiger partial charge in [-0.3, -0.25) is 9.59 Å². The number of carbonyl (C=O) groups is 2. The zero-order chi connectivity index (χ0) is 26.9. The molecule has 0 bridgehead atoms. The van der Waals surface area contributed by atoms with Crippen molar-refractivity contribution in [2.45, 2.75) is 57.3 Å². The van der Waals surface area contributed by atoms with Gasteiger partial charge in [0, 0.05) is 10.9 Å². The summed E-state index contributed by atoms with van der Waals surface area (Å²) in [5.74, 6) is -2.74. The smallest absolute Gasteiger partial charge is 0.270 e. The van der Waals surface area contributed by atoms with Crippen molar-refractivity contribution in [1.29, 1.82) is 0 Å². The fourth-order valence-corrected chi connectivity index (χ4v) is 5.30. The average molecular weight is 531 g/mol. The number of anilines is 2. The number of hydrogen-bond acceptors (Lipinski definition) is 7. The first-order valence-electron chi connectivity index (χ1n) is 11.8. The minimum absolute atomic E-state index is 0.00258. The lowest BCUT2D eigenvalue weighted by Crippen LogP contribution is -2.38. The summed E-state index contributed by atoms with van der Waals surface area (Å²) in [6.07, 6.45) is 2.26. The number of pyridine rings is 1. The molecule has 0 spiro atoms. The minimum Gasteiger partial charge on any atom is -0.393 e. The SMILES string of the molecule is CC(C)(O)c1cc(F)c(-c2cc(C(N)=O)c(Nc3cccc(C(=O)NC4CCC(O)CC4)n3)s2)c(F)c1. The van der Waals surface area contributed by atoms with Gasteiger partial charge in [-0.25, -0.2) is 13.8 Å². The number of aliphatic hydroxyl groups excluding tert-OH is 1. The molecule has 1 saturated carbocycles. The van der Waals surface area contributed by atoms with E-state index in [4.69, 9.17) is 5.73 Å². The first-order valence-corrected chi connectivity index (χ1v) is 12.6. The van der Waals surface area contributed by atoms with Crippen LogP contribution in [0.25, 0.3) is 10.4 Å². The molecule has 1 aromatic carbocycles. The monoisotopic (exact) mass is 530 g/mol. The zero-order valence-electron chi connectivity index (χ0n) is 20.3. The lowest BCUT2D eigenvalue weighted by molar-refractivity contribution is 0.0778. The second-order valence-electron chi connectivity index (χ2n) is 9.60. The van der Waals surface area contributed by atoms with E-state index in [-0.39, 0.29) is 56.1 Å². The van der Waals surface area contributed by atoms with Gasteiger partial charge in [0.2, 0.25) is 0 Å². The van der Waals surface area contributed by atoms with Crippen LogP contribution in [0.3, 0.4) is 0 Å². The Balaban J connectivity index is 1.59. The third kappa shape index (κ3) is 6.12. The molecule has 3 aromatic rings. The Morgan fingerprint density at radius 2 is 1.76 bits per heavy atom. The van der Waals surface area contributed by atoms with E-state index < -0.39 is 23.1 Å². The van der Waals surface area contributed by atoms with Crippen molar-refractivity contribution in [1.82, 2.24) is 10.3 Å². The number of nitrogens with zero attached hydrogens (tertiary/aromatic N) is 1. The predicted molar refractivity (Wildman–Crippen MR) is 137 cm³/mol. The highest BCUT2D eigenvalue weighted by molar-refractivity contribution is 7.20.